The van der Waals surface area contributed by atoms with Crippen molar-refractivity contribution in [3.63, 3.8) is 0 Å². The molecule has 1 aromatic carbocycles. The van der Waals surface area contributed by atoms with Crippen molar-refractivity contribution in [2.75, 3.05) is 113 Å². The van der Waals surface area contributed by atoms with Gasteiger partial charge in [0, 0.05) is 26.2 Å². The summed E-state index contributed by atoms with van der Waals surface area (Å²) in [4.78, 5) is 29.2. The highest BCUT2D eigenvalue weighted by Crippen LogP contribution is 2.37. The van der Waals surface area contributed by atoms with Gasteiger partial charge < -0.3 is 47.7 Å². The summed E-state index contributed by atoms with van der Waals surface area (Å²) in [5, 5.41) is 0. The van der Waals surface area contributed by atoms with Gasteiger partial charge in [-0.15, -0.1) is 0 Å². The summed E-state index contributed by atoms with van der Waals surface area (Å²) < 4.78 is 45.2. The molecule has 37 heavy (non-hydrogen) atoms. The molecule has 1 fully saturated rings. The molecule has 0 aromatic heterocycles. The molecule has 0 aliphatic carbocycles. The number of rotatable bonds is 1. The molecule has 2 aliphatic heterocycles. The van der Waals surface area contributed by atoms with Gasteiger partial charge in [0.2, 0.25) is 5.75 Å². The van der Waals surface area contributed by atoms with Crippen LogP contribution in [0.1, 0.15) is 0 Å². The molecule has 4 bridgehead atoms. The van der Waals surface area contributed by atoms with Crippen molar-refractivity contribution in [1.29, 1.82) is 0 Å². The van der Waals surface area contributed by atoms with Crippen molar-refractivity contribution in [1.82, 2.24) is 9.80 Å². The third-order valence-electron chi connectivity index (χ3n) is 5.69. The zero-order chi connectivity index (χ0) is 26.1. The normalized spacial score (nSPS) is 20.9. The van der Waals surface area contributed by atoms with E-state index in [-0.39, 0.29) is 25.0 Å². The number of nitrogens with zero attached hydrogens (tertiary/aromatic N) is 2. The first kappa shape index (κ1) is 28.9. The average molecular weight is 527 g/mol. The summed E-state index contributed by atoms with van der Waals surface area (Å²) in [7, 11) is 1.48. The van der Waals surface area contributed by atoms with E-state index < -0.39 is 0 Å². The van der Waals surface area contributed by atoms with E-state index in [2.05, 4.69) is 0 Å². The molecule has 2 aliphatic rings. The number of benzene rings is 1. The number of carbonyl (C=O) groups is 2. The molecule has 0 radical (unpaired) electrons. The number of hydrogen-bond donors (Lipinski definition) is 0. The molecule has 0 atom stereocenters. The first-order valence-electron chi connectivity index (χ1n) is 12.6. The van der Waals surface area contributed by atoms with Crippen LogP contribution in [0.4, 0.5) is 0 Å². The van der Waals surface area contributed by atoms with Gasteiger partial charge in [0.25, 0.3) is 11.8 Å². The van der Waals surface area contributed by atoms with Crippen LogP contribution >= 0.6 is 0 Å². The second kappa shape index (κ2) is 17.0. The Morgan fingerprint density at radius 1 is 0.595 bits per heavy atom. The smallest absolute Gasteiger partial charge is 0.260 e. The van der Waals surface area contributed by atoms with Crippen LogP contribution in [0.15, 0.2) is 18.2 Å². The van der Waals surface area contributed by atoms with Crippen LogP contribution in [0.2, 0.25) is 0 Å². The van der Waals surface area contributed by atoms with Gasteiger partial charge in [0.15, 0.2) is 24.7 Å². The second-order valence-corrected chi connectivity index (χ2v) is 8.19. The van der Waals surface area contributed by atoms with Crippen LogP contribution in [0.3, 0.4) is 0 Å². The van der Waals surface area contributed by atoms with Crippen molar-refractivity contribution in [3.8, 4) is 17.2 Å². The monoisotopic (exact) mass is 526 g/mol. The number of amides is 2. The minimum absolute atomic E-state index is 0.210. The van der Waals surface area contributed by atoms with Gasteiger partial charge >= 0.3 is 0 Å². The van der Waals surface area contributed by atoms with E-state index in [0.29, 0.717) is 109 Å². The van der Waals surface area contributed by atoms with E-state index in [0.717, 1.165) is 0 Å². The number of para-hydroxylation sites is 1. The quantitative estimate of drug-likeness (QED) is 0.471. The Labute approximate surface area is 217 Å². The molecule has 0 saturated carbocycles. The van der Waals surface area contributed by atoms with Gasteiger partial charge in [0.1, 0.15) is 0 Å². The number of ether oxygens (including phenoxy) is 8. The first-order chi connectivity index (χ1) is 18.2. The summed E-state index contributed by atoms with van der Waals surface area (Å²) in [5.74, 6) is 0.528. The highest BCUT2D eigenvalue weighted by Gasteiger charge is 2.20. The molecule has 3 rings (SSSR count). The summed E-state index contributed by atoms with van der Waals surface area (Å²) in [6.07, 6.45) is 0. The van der Waals surface area contributed by atoms with Crippen LogP contribution in [-0.2, 0) is 33.3 Å². The zero-order valence-electron chi connectivity index (χ0n) is 21.5. The highest BCUT2D eigenvalue weighted by molar-refractivity contribution is 5.78. The Morgan fingerprint density at radius 3 is 1.30 bits per heavy atom. The Bertz CT molecular complexity index is 764. The fourth-order valence-corrected chi connectivity index (χ4v) is 3.67. The number of fused-ring (bicyclic) bond motifs is 11. The molecule has 12 heteroatoms. The maximum Gasteiger partial charge on any atom is 0.260 e. The Kier molecular flexibility index (Phi) is 13.3. The third-order valence-corrected chi connectivity index (χ3v) is 5.69. The van der Waals surface area contributed by atoms with Crippen LogP contribution < -0.4 is 14.2 Å². The third kappa shape index (κ3) is 10.3. The van der Waals surface area contributed by atoms with E-state index in [1.54, 1.807) is 28.0 Å². The average Bonchev–Trinajstić information content (AvgIpc) is 2.91. The van der Waals surface area contributed by atoms with Crippen molar-refractivity contribution in [2.24, 2.45) is 0 Å². The lowest BCUT2D eigenvalue weighted by molar-refractivity contribution is -0.136. The minimum atomic E-state index is -0.226. The fourth-order valence-electron chi connectivity index (χ4n) is 3.67. The molecule has 0 unspecified atom stereocenters. The molecule has 2 amide bonds. The maximum absolute atomic E-state index is 13.0. The molecule has 2 heterocycles. The van der Waals surface area contributed by atoms with Gasteiger partial charge in [0.05, 0.1) is 73.2 Å². The van der Waals surface area contributed by atoms with E-state index in [1.807, 2.05) is 0 Å². The van der Waals surface area contributed by atoms with E-state index in [1.165, 1.54) is 7.11 Å². The fraction of sp³-hybridized carbons (Fsp3) is 0.680. The van der Waals surface area contributed by atoms with Gasteiger partial charge in [-0.2, -0.15) is 0 Å². The lowest BCUT2D eigenvalue weighted by atomic mass is 10.3. The SMILES string of the molecule is COc1c2cccc1OCC(=O)N1CCOCCOCCOCCN(CCOCCOCC1)C(=O)CO2. The molecule has 208 valence electrons. The molecule has 0 spiro atoms. The van der Waals surface area contributed by atoms with Crippen molar-refractivity contribution < 1.29 is 47.5 Å². The van der Waals surface area contributed by atoms with Gasteiger partial charge in [-0.25, -0.2) is 0 Å². The summed E-state index contributed by atoms with van der Waals surface area (Å²) in [6.45, 7) is 4.85. The maximum atomic E-state index is 13.0. The molecular formula is C25H38N2O10. The molecule has 1 aromatic rings. The number of methoxy groups -OCH3 is 1. The van der Waals surface area contributed by atoms with E-state index in [9.17, 15) is 9.59 Å². The predicted molar refractivity (Wildman–Crippen MR) is 131 cm³/mol. The Balaban J connectivity index is 1.80. The van der Waals surface area contributed by atoms with Crippen LogP contribution in [0.5, 0.6) is 17.2 Å². The lowest BCUT2D eigenvalue weighted by Crippen LogP contribution is -2.40. The standard InChI is InChI=1S/C25H38N2O10/c1-30-25-21-3-2-4-22(25)37-20-24(29)27-6-10-32-14-13-31-9-5-26(23(28)19-36-21)7-11-33-15-17-35-18-16-34-12-8-27/h2-4H,5-20H2,1H3. The molecule has 0 N–H and O–H groups in total. The lowest BCUT2D eigenvalue weighted by Gasteiger charge is -2.23. The van der Waals surface area contributed by atoms with Gasteiger partial charge in [-0.3, -0.25) is 9.59 Å². The predicted octanol–water partition coefficient (Wildman–Crippen LogP) is 0.220. The summed E-state index contributed by atoms with van der Waals surface area (Å²) in [6, 6.07) is 5.07. The van der Waals surface area contributed by atoms with Gasteiger partial charge in [-0.05, 0) is 12.1 Å². The van der Waals surface area contributed by atoms with E-state index >= 15 is 0 Å². The van der Waals surface area contributed by atoms with Crippen molar-refractivity contribution in [3.05, 3.63) is 18.2 Å². The van der Waals surface area contributed by atoms with E-state index in [4.69, 9.17) is 37.9 Å². The topological polar surface area (TPSA) is 114 Å². The summed E-state index contributed by atoms with van der Waals surface area (Å²) >= 11 is 0. The number of hydrogen-bond acceptors (Lipinski definition) is 10. The Hall–Kier alpha value is -2.64. The first-order valence-corrected chi connectivity index (χ1v) is 12.6. The van der Waals surface area contributed by atoms with Crippen LogP contribution in [0, 0.1) is 0 Å². The van der Waals surface area contributed by atoms with Crippen LogP contribution in [-0.4, -0.2) is 134 Å². The molecule has 1 saturated heterocycles. The van der Waals surface area contributed by atoms with Crippen molar-refractivity contribution in [2.45, 2.75) is 0 Å². The second-order valence-electron chi connectivity index (χ2n) is 8.19. The number of carbonyl (C=O) groups excluding carboxylic acids is 2. The molecular weight excluding hydrogens is 488 g/mol. The highest BCUT2D eigenvalue weighted by atomic mass is 16.6. The zero-order valence-corrected chi connectivity index (χ0v) is 21.5. The van der Waals surface area contributed by atoms with Crippen molar-refractivity contribution >= 4 is 11.8 Å². The largest absolute Gasteiger partial charge is 0.490 e. The summed E-state index contributed by atoms with van der Waals surface area (Å²) in [5.41, 5.74) is 0. The molecule has 12 nitrogen and oxygen atoms in total. The minimum Gasteiger partial charge on any atom is -0.490 e. The Morgan fingerprint density at radius 2 is 0.946 bits per heavy atom. The van der Waals surface area contributed by atoms with Crippen LogP contribution in [0.25, 0.3) is 0 Å². The van der Waals surface area contributed by atoms with Gasteiger partial charge in [-0.1, -0.05) is 6.07 Å².